The predicted octanol–water partition coefficient (Wildman–Crippen LogP) is 5.35. The third kappa shape index (κ3) is 3.88. The Morgan fingerprint density at radius 1 is 1.00 bits per heavy atom. The van der Waals surface area contributed by atoms with E-state index in [-0.39, 0.29) is 11.8 Å². The van der Waals surface area contributed by atoms with Crippen molar-refractivity contribution >= 4 is 29.1 Å². The van der Waals surface area contributed by atoms with E-state index in [1.54, 1.807) is 6.07 Å². The van der Waals surface area contributed by atoms with E-state index >= 15 is 0 Å². The Kier molecular flexibility index (Phi) is 6.01. The van der Waals surface area contributed by atoms with E-state index in [2.05, 4.69) is 9.80 Å². The molecule has 1 aliphatic carbocycles. The van der Waals surface area contributed by atoms with Gasteiger partial charge in [0.25, 0.3) is 0 Å². The van der Waals surface area contributed by atoms with Crippen molar-refractivity contribution in [3.8, 4) is 0 Å². The average Bonchev–Trinajstić information content (AvgIpc) is 3.22. The van der Waals surface area contributed by atoms with E-state index in [1.165, 1.54) is 51.6 Å². The molecule has 1 aromatic carbocycles. The number of piperidine rings is 1. The summed E-state index contributed by atoms with van der Waals surface area (Å²) in [6.45, 7) is 5.33. The van der Waals surface area contributed by atoms with Crippen molar-refractivity contribution in [2.24, 2.45) is 5.92 Å². The van der Waals surface area contributed by atoms with Crippen LogP contribution < -0.4 is 0 Å². The predicted molar refractivity (Wildman–Crippen MR) is 112 cm³/mol. The molecule has 148 valence electrons. The molecule has 4 rings (SSSR count). The molecule has 3 fully saturated rings. The number of carbonyl (C=O) groups is 1. The van der Waals surface area contributed by atoms with Crippen LogP contribution in [0.25, 0.3) is 0 Å². The minimum Gasteiger partial charge on any atom is -0.337 e. The minimum absolute atomic E-state index is 0.181. The number of carbonyl (C=O) groups excluding carboxylic acids is 1. The fourth-order valence-electron chi connectivity index (χ4n) is 5.60. The van der Waals surface area contributed by atoms with Crippen LogP contribution in [0.3, 0.4) is 0 Å². The molecule has 0 spiro atoms. The van der Waals surface area contributed by atoms with Gasteiger partial charge in [-0.1, -0.05) is 35.7 Å². The maximum absolute atomic E-state index is 13.5. The van der Waals surface area contributed by atoms with Crippen molar-refractivity contribution in [1.82, 2.24) is 9.80 Å². The molecule has 5 heteroatoms. The molecule has 0 N–H and O–H groups in total. The Morgan fingerprint density at radius 3 is 2.48 bits per heavy atom. The third-order valence-electron chi connectivity index (χ3n) is 6.99. The number of hydrogen-bond donors (Lipinski definition) is 0. The van der Waals surface area contributed by atoms with E-state index in [0.29, 0.717) is 28.0 Å². The van der Waals surface area contributed by atoms with Crippen LogP contribution in [0.15, 0.2) is 18.2 Å². The third-order valence-corrected chi connectivity index (χ3v) is 7.73. The lowest BCUT2D eigenvalue weighted by molar-refractivity contribution is -0.141. The number of nitrogens with zero attached hydrogens (tertiary/aromatic N) is 2. The second kappa shape index (κ2) is 8.31. The first-order valence-electron chi connectivity index (χ1n) is 10.6. The van der Waals surface area contributed by atoms with Gasteiger partial charge in [0.15, 0.2) is 0 Å². The summed E-state index contributed by atoms with van der Waals surface area (Å²) < 4.78 is 0. The first-order chi connectivity index (χ1) is 13.1. The highest BCUT2D eigenvalue weighted by Gasteiger charge is 2.44. The maximum atomic E-state index is 13.5. The van der Waals surface area contributed by atoms with Crippen molar-refractivity contribution in [3.63, 3.8) is 0 Å². The van der Waals surface area contributed by atoms with Gasteiger partial charge >= 0.3 is 0 Å². The first-order valence-corrected chi connectivity index (χ1v) is 11.3. The SMILES string of the molecule is CC(C(=O)N1CCC[C@H]2CCC[C@H](N3CCCC3)[C@H]21)c1ccc(Cl)c(Cl)c1. The van der Waals surface area contributed by atoms with Gasteiger partial charge in [-0.3, -0.25) is 9.69 Å². The Labute approximate surface area is 173 Å². The maximum Gasteiger partial charge on any atom is 0.230 e. The van der Waals surface area contributed by atoms with Crippen molar-refractivity contribution in [3.05, 3.63) is 33.8 Å². The summed E-state index contributed by atoms with van der Waals surface area (Å²) in [5.41, 5.74) is 0.963. The van der Waals surface area contributed by atoms with Gasteiger partial charge in [0, 0.05) is 12.6 Å². The quantitative estimate of drug-likeness (QED) is 0.672. The molecule has 27 heavy (non-hydrogen) atoms. The van der Waals surface area contributed by atoms with Gasteiger partial charge in [-0.05, 0) is 82.2 Å². The van der Waals surface area contributed by atoms with Gasteiger partial charge in [0.05, 0.1) is 22.0 Å². The average molecular weight is 409 g/mol. The standard InChI is InChI=1S/C22H30Cl2N2O/c1-15(17-9-10-18(23)19(24)14-17)22(27)26-13-5-7-16-6-4-8-20(21(16)26)25-11-2-3-12-25/h9-10,14-16,20-21H,2-8,11-13H2,1H3/t15?,16-,20+,21+/m1/s1. The number of halogens is 2. The Bertz CT molecular complexity index is 687. The molecular weight excluding hydrogens is 379 g/mol. The number of amides is 1. The smallest absolute Gasteiger partial charge is 0.230 e. The van der Waals surface area contributed by atoms with Crippen LogP contribution >= 0.6 is 23.2 Å². The van der Waals surface area contributed by atoms with Crippen molar-refractivity contribution in [1.29, 1.82) is 0 Å². The van der Waals surface area contributed by atoms with Gasteiger partial charge in [-0.25, -0.2) is 0 Å². The molecule has 0 aromatic heterocycles. The lowest BCUT2D eigenvalue weighted by Crippen LogP contribution is -2.60. The molecule has 1 aromatic rings. The monoisotopic (exact) mass is 408 g/mol. The number of likely N-dealkylation sites (tertiary alicyclic amines) is 2. The lowest BCUT2D eigenvalue weighted by atomic mass is 9.74. The van der Waals surface area contributed by atoms with E-state index in [0.717, 1.165) is 18.5 Å². The summed E-state index contributed by atoms with van der Waals surface area (Å²) in [6.07, 6.45) is 8.86. The second-order valence-corrected chi connectivity index (χ2v) is 9.38. The van der Waals surface area contributed by atoms with Crippen LogP contribution in [0.4, 0.5) is 0 Å². The molecule has 4 atom stereocenters. The van der Waals surface area contributed by atoms with Crippen LogP contribution in [0, 0.1) is 5.92 Å². The normalized spacial score (nSPS) is 30.2. The summed E-state index contributed by atoms with van der Waals surface area (Å²) in [5, 5.41) is 1.07. The summed E-state index contributed by atoms with van der Waals surface area (Å²) >= 11 is 12.3. The minimum atomic E-state index is -0.181. The summed E-state index contributed by atoms with van der Waals surface area (Å²) in [4.78, 5) is 18.5. The fraction of sp³-hybridized carbons (Fsp3) is 0.682. The second-order valence-electron chi connectivity index (χ2n) is 8.56. The van der Waals surface area contributed by atoms with Crippen molar-refractivity contribution in [2.75, 3.05) is 19.6 Å². The van der Waals surface area contributed by atoms with Gasteiger partial charge in [-0.15, -0.1) is 0 Å². The molecule has 2 heterocycles. The number of benzene rings is 1. The van der Waals surface area contributed by atoms with Gasteiger partial charge < -0.3 is 4.90 Å². The van der Waals surface area contributed by atoms with Gasteiger partial charge in [0.2, 0.25) is 5.91 Å². The Morgan fingerprint density at radius 2 is 1.74 bits per heavy atom. The zero-order valence-corrected chi connectivity index (χ0v) is 17.7. The number of rotatable bonds is 3. The van der Waals surface area contributed by atoms with Gasteiger partial charge in [0.1, 0.15) is 0 Å². The fourth-order valence-corrected chi connectivity index (χ4v) is 5.90. The molecule has 1 unspecified atom stereocenters. The highest BCUT2D eigenvalue weighted by atomic mass is 35.5. The van der Waals surface area contributed by atoms with E-state index < -0.39 is 0 Å². The largest absolute Gasteiger partial charge is 0.337 e. The highest BCUT2D eigenvalue weighted by Crippen LogP contribution is 2.40. The molecule has 3 nitrogen and oxygen atoms in total. The molecule has 0 radical (unpaired) electrons. The topological polar surface area (TPSA) is 23.6 Å². The summed E-state index contributed by atoms with van der Waals surface area (Å²) in [7, 11) is 0. The van der Waals surface area contributed by atoms with Crippen molar-refractivity contribution in [2.45, 2.75) is 69.9 Å². The number of hydrogen-bond acceptors (Lipinski definition) is 2. The van der Waals surface area contributed by atoms with Crippen LogP contribution in [-0.2, 0) is 4.79 Å². The van der Waals surface area contributed by atoms with Crippen LogP contribution in [0.1, 0.15) is 63.4 Å². The molecule has 2 saturated heterocycles. The summed E-state index contributed by atoms with van der Waals surface area (Å²) in [5.74, 6) is 0.747. The Balaban J connectivity index is 1.57. The van der Waals surface area contributed by atoms with Crippen LogP contribution in [-0.4, -0.2) is 47.4 Å². The lowest BCUT2D eigenvalue weighted by Gasteiger charge is -2.51. The Hall–Kier alpha value is -0.770. The number of fused-ring (bicyclic) bond motifs is 1. The van der Waals surface area contributed by atoms with E-state index in [4.69, 9.17) is 23.2 Å². The van der Waals surface area contributed by atoms with Crippen LogP contribution in [0.5, 0.6) is 0 Å². The van der Waals surface area contributed by atoms with Gasteiger partial charge in [-0.2, -0.15) is 0 Å². The molecule has 1 saturated carbocycles. The van der Waals surface area contributed by atoms with E-state index in [9.17, 15) is 4.79 Å². The first kappa shape index (κ1) is 19.5. The highest BCUT2D eigenvalue weighted by molar-refractivity contribution is 6.42. The molecular formula is C22H30Cl2N2O. The summed E-state index contributed by atoms with van der Waals surface area (Å²) in [6, 6.07) is 6.54. The molecule has 1 amide bonds. The van der Waals surface area contributed by atoms with Crippen molar-refractivity contribution < 1.29 is 4.79 Å². The molecule has 2 aliphatic heterocycles. The zero-order valence-electron chi connectivity index (χ0n) is 16.2. The molecule has 0 bridgehead atoms. The zero-order chi connectivity index (χ0) is 19.0. The van der Waals surface area contributed by atoms with E-state index in [1.807, 2.05) is 19.1 Å². The van der Waals surface area contributed by atoms with Crippen LogP contribution in [0.2, 0.25) is 10.0 Å². The molecule has 3 aliphatic rings.